The minimum atomic E-state index is -1.28. The summed E-state index contributed by atoms with van der Waals surface area (Å²) in [6.45, 7) is 5.12. The number of rotatable bonds is 9. The number of carboxylic acids is 1. The van der Waals surface area contributed by atoms with E-state index in [1.807, 2.05) is 54.6 Å². The molecule has 0 aliphatic carbocycles. The highest BCUT2D eigenvalue weighted by molar-refractivity contribution is 9.10. The summed E-state index contributed by atoms with van der Waals surface area (Å²) < 4.78 is 6.30. The summed E-state index contributed by atoms with van der Waals surface area (Å²) in [6, 6.07) is 17.1. The van der Waals surface area contributed by atoms with Gasteiger partial charge >= 0.3 is 11.5 Å². The molecule has 4 N–H and O–H groups in total. The van der Waals surface area contributed by atoms with Gasteiger partial charge in [-0.25, -0.2) is 4.79 Å². The number of ether oxygens (including phenoxy) is 1. The molecule has 0 aliphatic rings. The Morgan fingerprint density at radius 2 is 1.82 bits per heavy atom. The van der Waals surface area contributed by atoms with E-state index in [-0.39, 0.29) is 36.9 Å². The normalized spacial score (nSPS) is 10.5. The molecule has 0 bridgehead atoms. The number of aliphatic hydroxyl groups is 1. The first-order chi connectivity index (χ1) is 15.8. The van der Waals surface area contributed by atoms with Crippen LogP contribution in [0.2, 0.25) is 0 Å². The van der Waals surface area contributed by atoms with E-state index in [1.165, 1.54) is 0 Å². The van der Waals surface area contributed by atoms with Gasteiger partial charge in [0.2, 0.25) is 5.75 Å². The molecule has 2 aromatic carbocycles. The minimum absolute atomic E-state index is 0.0788. The Balaban J connectivity index is 0.000000479. The van der Waals surface area contributed by atoms with Crippen molar-refractivity contribution in [2.75, 3.05) is 13.2 Å². The van der Waals surface area contributed by atoms with E-state index in [0.717, 1.165) is 15.6 Å². The first kappa shape index (κ1) is 26.2. The molecule has 176 valence electrons. The van der Waals surface area contributed by atoms with E-state index in [9.17, 15) is 14.7 Å². The summed E-state index contributed by atoms with van der Waals surface area (Å²) in [5.41, 5.74) is 0.688. The van der Waals surface area contributed by atoms with Gasteiger partial charge in [0.05, 0.1) is 6.61 Å². The summed E-state index contributed by atoms with van der Waals surface area (Å²) in [5, 5.41) is 20.7. The lowest BCUT2D eigenvalue weighted by molar-refractivity contribution is 0.0683. The first-order valence-corrected chi connectivity index (χ1v) is 11.2. The maximum Gasteiger partial charge on any atom is 0.356 e. The molecule has 33 heavy (non-hydrogen) atoms. The predicted octanol–water partition coefficient (Wildman–Crippen LogP) is 3.38. The Hall–Kier alpha value is -3.01. The molecule has 0 unspecified atom stereocenters. The lowest BCUT2D eigenvalue weighted by Gasteiger charge is -2.10. The summed E-state index contributed by atoms with van der Waals surface area (Å²) in [4.78, 5) is 30.6. The molecular formula is C24H28BrN3O5. The molecule has 9 heteroatoms. The SMILES string of the molecule is CC(C)NCCO.O=C(O)c1[nH]c(Cc2ccccc2Br)nc(=O)c1OCc1ccccc1. The van der Waals surface area contributed by atoms with Crippen molar-refractivity contribution in [3.63, 3.8) is 0 Å². The van der Waals surface area contributed by atoms with E-state index >= 15 is 0 Å². The van der Waals surface area contributed by atoms with E-state index in [0.29, 0.717) is 12.6 Å². The van der Waals surface area contributed by atoms with Crippen LogP contribution >= 0.6 is 15.9 Å². The van der Waals surface area contributed by atoms with Crippen molar-refractivity contribution >= 4 is 21.9 Å². The van der Waals surface area contributed by atoms with Crippen LogP contribution in [-0.4, -0.2) is 45.3 Å². The Morgan fingerprint density at radius 1 is 1.15 bits per heavy atom. The molecule has 1 heterocycles. The summed E-state index contributed by atoms with van der Waals surface area (Å²) >= 11 is 3.42. The number of carboxylic acid groups (broad SMARTS) is 1. The molecule has 0 radical (unpaired) electrons. The standard InChI is InChI=1S/C19H15BrN2O4.C5H13NO/c20-14-9-5-4-8-13(14)10-15-21-16(19(24)25)17(18(23)22-15)26-11-12-6-2-1-3-7-12;1-5(2)6-3-4-7/h1-9H,10-11H2,(H,24,25)(H,21,22,23);5-7H,3-4H2,1-2H3. The highest BCUT2D eigenvalue weighted by Gasteiger charge is 2.19. The molecule has 0 saturated heterocycles. The van der Waals surface area contributed by atoms with Gasteiger partial charge in [0.15, 0.2) is 5.69 Å². The average molecular weight is 518 g/mol. The van der Waals surface area contributed by atoms with Crippen LogP contribution in [0.3, 0.4) is 0 Å². The third-order valence-electron chi connectivity index (χ3n) is 4.35. The molecule has 0 amide bonds. The number of benzene rings is 2. The third-order valence-corrected chi connectivity index (χ3v) is 5.12. The maximum atomic E-state index is 12.3. The second-order valence-corrected chi connectivity index (χ2v) is 8.23. The summed E-state index contributed by atoms with van der Waals surface area (Å²) in [5.74, 6) is -1.32. The van der Waals surface area contributed by atoms with Crippen LogP contribution in [0.25, 0.3) is 0 Å². The Bertz CT molecular complexity index is 1090. The van der Waals surface area contributed by atoms with Gasteiger partial charge in [-0.15, -0.1) is 0 Å². The van der Waals surface area contributed by atoms with Crippen molar-refractivity contribution in [1.29, 1.82) is 0 Å². The molecule has 3 aromatic rings. The van der Waals surface area contributed by atoms with Gasteiger partial charge in [-0.05, 0) is 17.2 Å². The molecule has 0 fully saturated rings. The van der Waals surface area contributed by atoms with Gasteiger partial charge < -0.3 is 25.3 Å². The largest absolute Gasteiger partial charge is 0.481 e. The van der Waals surface area contributed by atoms with E-state index in [4.69, 9.17) is 9.84 Å². The number of nitrogens with one attached hydrogen (secondary N) is 2. The average Bonchev–Trinajstić information content (AvgIpc) is 2.79. The number of aromatic nitrogens is 2. The zero-order chi connectivity index (χ0) is 24.2. The molecule has 0 spiro atoms. The third kappa shape index (κ3) is 8.80. The van der Waals surface area contributed by atoms with E-state index in [2.05, 4.69) is 45.1 Å². The fourth-order valence-electron chi connectivity index (χ4n) is 2.78. The lowest BCUT2D eigenvalue weighted by atomic mass is 10.1. The molecule has 0 aliphatic heterocycles. The van der Waals surface area contributed by atoms with Crippen molar-refractivity contribution in [2.24, 2.45) is 0 Å². The van der Waals surface area contributed by atoms with Crippen molar-refractivity contribution in [3.05, 3.63) is 92.1 Å². The number of H-pyrrole nitrogens is 1. The Labute approximate surface area is 200 Å². The number of carbonyl (C=O) groups is 1. The van der Waals surface area contributed by atoms with Crippen molar-refractivity contribution in [2.45, 2.75) is 32.9 Å². The second kappa shape index (κ2) is 13.5. The van der Waals surface area contributed by atoms with Gasteiger partial charge in [-0.2, -0.15) is 4.98 Å². The molecule has 0 atom stereocenters. The number of aliphatic hydroxyl groups excluding tert-OH is 1. The van der Waals surface area contributed by atoms with Gasteiger partial charge in [0.25, 0.3) is 0 Å². The molecule has 0 saturated carbocycles. The number of aromatic carboxylic acids is 1. The van der Waals surface area contributed by atoms with Gasteiger partial charge in [-0.1, -0.05) is 78.3 Å². The van der Waals surface area contributed by atoms with Crippen LogP contribution in [0.5, 0.6) is 5.75 Å². The highest BCUT2D eigenvalue weighted by Crippen LogP contribution is 2.19. The fraction of sp³-hybridized carbons (Fsp3) is 0.292. The summed E-state index contributed by atoms with van der Waals surface area (Å²) in [6.07, 6.45) is 0.288. The number of nitrogens with zero attached hydrogens (tertiary/aromatic N) is 1. The van der Waals surface area contributed by atoms with Crippen molar-refractivity contribution in [3.8, 4) is 5.75 Å². The van der Waals surface area contributed by atoms with E-state index in [1.54, 1.807) is 0 Å². The molecule has 3 rings (SSSR count). The molecule has 8 nitrogen and oxygen atoms in total. The topological polar surface area (TPSA) is 125 Å². The minimum Gasteiger partial charge on any atom is -0.481 e. The Kier molecular flexibility index (Phi) is 10.8. The number of hydrogen-bond donors (Lipinski definition) is 4. The van der Waals surface area contributed by atoms with Crippen LogP contribution in [0.4, 0.5) is 0 Å². The Morgan fingerprint density at radius 3 is 2.39 bits per heavy atom. The smallest absolute Gasteiger partial charge is 0.356 e. The highest BCUT2D eigenvalue weighted by atomic mass is 79.9. The van der Waals surface area contributed by atoms with E-state index < -0.39 is 11.5 Å². The molecular weight excluding hydrogens is 490 g/mol. The fourth-order valence-corrected chi connectivity index (χ4v) is 3.21. The van der Waals surface area contributed by atoms with Crippen LogP contribution < -0.4 is 15.6 Å². The van der Waals surface area contributed by atoms with Crippen LogP contribution in [-0.2, 0) is 13.0 Å². The van der Waals surface area contributed by atoms with Crippen LogP contribution in [0.15, 0.2) is 63.9 Å². The van der Waals surface area contributed by atoms with Gasteiger partial charge in [0.1, 0.15) is 12.4 Å². The van der Waals surface area contributed by atoms with Crippen molar-refractivity contribution in [1.82, 2.24) is 15.3 Å². The van der Waals surface area contributed by atoms with Gasteiger partial charge in [-0.3, -0.25) is 4.79 Å². The monoisotopic (exact) mass is 517 g/mol. The first-order valence-electron chi connectivity index (χ1n) is 10.4. The quantitative estimate of drug-likeness (QED) is 0.342. The number of aromatic amines is 1. The van der Waals surface area contributed by atoms with Crippen LogP contribution in [0, 0.1) is 0 Å². The number of hydrogen-bond acceptors (Lipinski definition) is 6. The van der Waals surface area contributed by atoms with Gasteiger partial charge in [0, 0.05) is 23.5 Å². The molecule has 1 aromatic heterocycles. The van der Waals surface area contributed by atoms with Crippen molar-refractivity contribution < 1.29 is 19.7 Å². The summed E-state index contributed by atoms with van der Waals surface area (Å²) in [7, 11) is 0. The zero-order valence-corrected chi connectivity index (χ0v) is 20.1. The maximum absolute atomic E-state index is 12.3. The zero-order valence-electron chi connectivity index (χ0n) is 18.5. The second-order valence-electron chi connectivity index (χ2n) is 7.37. The van der Waals surface area contributed by atoms with Crippen LogP contribution in [0.1, 0.15) is 41.3 Å². The lowest BCUT2D eigenvalue weighted by Crippen LogP contribution is -2.25. The number of halogens is 1. The predicted molar refractivity (Wildman–Crippen MR) is 130 cm³/mol.